The predicted octanol–water partition coefficient (Wildman–Crippen LogP) is 1.92. The van der Waals surface area contributed by atoms with Crippen LogP contribution in [0.25, 0.3) is 11.0 Å². The van der Waals surface area contributed by atoms with Gasteiger partial charge in [-0.15, -0.1) is 0 Å². The molecule has 2 aromatic rings. The van der Waals surface area contributed by atoms with Crippen molar-refractivity contribution in [3.8, 4) is 6.07 Å². The van der Waals surface area contributed by atoms with E-state index in [-0.39, 0.29) is 0 Å². The van der Waals surface area contributed by atoms with Crippen molar-refractivity contribution in [2.24, 2.45) is 0 Å². The number of unbranched alkanes of at least 4 members (excludes halogenated alkanes) is 1. The minimum Gasteiger partial charge on any atom is -0.385 e. The Hall–Kier alpha value is -2.06. The van der Waals surface area contributed by atoms with Crippen LogP contribution < -0.4 is 5.73 Å². The second-order valence-electron chi connectivity index (χ2n) is 4.11. The van der Waals surface area contributed by atoms with Crippen molar-refractivity contribution in [1.29, 1.82) is 5.26 Å². The predicted molar refractivity (Wildman–Crippen MR) is 70.0 cm³/mol. The first-order valence-corrected chi connectivity index (χ1v) is 5.91. The van der Waals surface area contributed by atoms with Crippen molar-refractivity contribution in [2.45, 2.75) is 19.4 Å². The maximum Gasteiger partial charge on any atom is 0.201 e. The molecule has 0 aliphatic rings. The molecular weight excluding hydrogens is 228 g/mol. The first-order valence-electron chi connectivity index (χ1n) is 5.91. The number of ether oxygens (including phenoxy) is 1. The summed E-state index contributed by atoms with van der Waals surface area (Å²) < 4.78 is 6.97. The highest BCUT2D eigenvalue weighted by Gasteiger charge is 2.10. The maximum absolute atomic E-state index is 9.03. The topological polar surface area (TPSA) is 76.9 Å². The molecule has 2 N–H and O–H groups in total. The molecule has 2 rings (SSSR count). The molecule has 0 saturated carbocycles. The highest BCUT2D eigenvalue weighted by atomic mass is 16.5. The van der Waals surface area contributed by atoms with Gasteiger partial charge in [0.2, 0.25) is 5.95 Å². The van der Waals surface area contributed by atoms with Crippen LogP contribution in [0.1, 0.15) is 18.4 Å². The summed E-state index contributed by atoms with van der Waals surface area (Å²) in [4.78, 5) is 4.27. The average molecular weight is 244 g/mol. The first kappa shape index (κ1) is 12.4. The van der Waals surface area contributed by atoms with Crippen molar-refractivity contribution in [3.05, 3.63) is 23.8 Å². The minimum atomic E-state index is 0.463. The van der Waals surface area contributed by atoms with E-state index in [1.165, 1.54) is 0 Å². The number of para-hydroxylation sites is 1. The molecule has 1 aromatic carbocycles. The number of nitrogens with zero attached hydrogens (tertiary/aromatic N) is 3. The third kappa shape index (κ3) is 2.29. The fourth-order valence-corrected chi connectivity index (χ4v) is 2.01. The molecule has 5 nitrogen and oxygen atoms in total. The Morgan fingerprint density at radius 3 is 3.00 bits per heavy atom. The Labute approximate surface area is 106 Å². The van der Waals surface area contributed by atoms with Crippen LogP contribution in [-0.2, 0) is 11.3 Å². The van der Waals surface area contributed by atoms with Gasteiger partial charge in [0.1, 0.15) is 11.6 Å². The van der Waals surface area contributed by atoms with E-state index >= 15 is 0 Å². The van der Waals surface area contributed by atoms with E-state index in [2.05, 4.69) is 11.1 Å². The summed E-state index contributed by atoms with van der Waals surface area (Å²) in [6, 6.07) is 7.68. The molecule has 0 unspecified atom stereocenters. The van der Waals surface area contributed by atoms with E-state index in [4.69, 9.17) is 15.7 Å². The number of nitrogen functional groups attached to an aromatic ring is 1. The minimum absolute atomic E-state index is 0.463. The van der Waals surface area contributed by atoms with Crippen LogP contribution in [0.2, 0.25) is 0 Å². The Bertz CT molecular complexity index is 582. The number of fused-ring (bicyclic) bond motifs is 1. The number of benzene rings is 1. The number of imidazole rings is 1. The number of aromatic nitrogens is 2. The zero-order valence-corrected chi connectivity index (χ0v) is 10.4. The molecule has 1 heterocycles. The molecule has 0 amide bonds. The first-order chi connectivity index (χ1) is 8.77. The number of hydrogen-bond acceptors (Lipinski definition) is 4. The third-order valence-corrected chi connectivity index (χ3v) is 2.91. The highest BCUT2D eigenvalue weighted by molar-refractivity contribution is 5.83. The molecule has 94 valence electrons. The SMILES string of the molecule is COCCCCn1c(N)nc2c(C#N)cccc21. The van der Waals surface area contributed by atoms with E-state index in [1.54, 1.807) is 13.2 Å². The molecule has 18 heavy (non-hydrogen) atoms. The molecule has 0 fully saturated rings. The van der Waals surface area contributed by atoms with Crippen molar-refractivity contribution in [1.82, 2.24) is 9.55 Å². The van der Waals surface area contributed by atoms with Gasteiger partial charge < -0.3 is 15.0 Å². The van der Waals surface area contributed by atoms with Gasteiger partial charge in [-0.25, -0.2) is 4.98 Å². The van der Waals surface area contributed by atoms with Gasteiger partial charge in [0, 0.05) is 20.3 Å². The summed E-state index contributed by atoms with van der Waals surface area (Å²) in [7, 11) is 1.69. The molecule has 0 bridgehead atoms. The van der Waals surface area contributed by atoms with Gasteiger partial charge >= 0.3 is 0 Å². The van der Waals surface area contributed by atoms with Gasteiger partial charge in [-0.1, -0.05) is 6.07 Å². The number of rotatable bonds is 5. The second kappa shape index (κ2) is 5.52. The van der Waals surface area contributed by atoms with Crippen LogP contribution >= 0.6 is 0 Å². The Morgan fingerprint density at radius 2 is 2.28 bits per heavy atom. The van der Waals surface area contributed by atoms with Crippen molar-refractivity contribution in [3.63, 3.8) is 0 Å². The lowest BCUT2D eigenvalue weighted by Gasteiger charge is -2.06. The summed E-state index contributed by atoms with van der Waals surface area (Å²) in [5.41, 5.74) is 8.07. The fraction of sp³-hybridized carbons (Fsp3) is 0.385. The average Bonchev–Trinajstić information content (AvgIpc) is 2.70. The summed E-state index contributed by atoms with van der Waals surface area (Å²) in [6.45, 7) is 1.54. The largest absolute Gasteiger partial charge is 0.385 e. The molecule has 0 aliphatic carbocycles. The third-order valence-electron chi connectivity index (χ3n) is 2.91. The van der Waals surface area contributed by atoms with Gasteiger partial charge in [-0.05, 0) is 25.0 Å². The lowest BCUT2D eigenvalue weighted by atomic mass is 10.2. The van der Waals surface area contributed by atoms with Crippen LogP contribution in [0.5, 0.6) is 0 Å². The molecular formula is C13H16N4O. The lowest BCUT2D eigenvalue weighted by Crippen LogP contribution is -2.04. The Balaban J connectivity index is 2.28. The van der Waals surface area contributed by atoms with E-state index in [1.807, 2.05) is 16.7 Å². The van der Waals surface area contributed by atoms with Crippen LogP contribution in [0.15, 0.2) is 18.2 Å². The summed E-state index contributed by atoms with van der Waals surface area (Å²) in [5.74, 6) is 0.463. The zero-order chi connectivity index (χ0) is 13.0. The van der Waals surface area contributed by atoms with E-state index in [0.717, 1.165) is 31.5 Å². The number of nitriles is 1. The molecule has 0 spiro atoms. The molecule has 0 radical (unpaired) electrons. The second-order valence-corrected chi connectivity index (χ2v) is 4.11. The van der Waals surface area contributed by atoms with Gasteiger partial charge in [-0.2, -0.15) is 5.26 Å². The fourth-order valence-electron chi connectivity index (χ4n) is 2.01. The Morgan fingerprint density at radius 1 is 1.44 bits per heavy atom. The molecule has 0 atom stereocenters. The van der Waals surface area contributed by atoms with Crippen LogP contribution in [-0.4, -0.2) is 23.3 Å². The monoisotopic (exact) mass is 244 g/mol. The summed E-state index contributed by atoms with van der Waals surface area (Å²) in [5, 5.41) is 9.03. The molecule has 0 aliphatic heterocycles. The Kier molecular flexibility index (Phi) is 3.80. The highest BCUT2D eigenvalue weighted by Crippen LogP contribution is 2.21. The number of nitrogens with two attached hydrogens (primary N) is 1. The maximum atomic E-state index is 9.03. The number of anilines is 1. The molecule has 1 aromatic heterocycles. The molecule has 0 saturated heterocycles. The van der Waals surface area contributed by atoms with E-state index < -0.39 is 0 Å². The van der Waals surface area contributed by atoms with Gasteiger partial charge in [0.25, 0.3) is 0 Å². The molecule has 5 heteroatoms. The van der Waals surface area contributed by atoms with Crippen molar-refractivity contribution < 1.29 is 4.74 Å². The normalized spacial score (nSPS) is 10.7. The summed E-state index contributed by atoms with van der Waals surface area (Å²) >= 11 is 0. The smallest absolute Gasteiger partial charge is 0.201 e. The quantitative estimate of drug-likeness (QED) is 0.815. The summed E-state index contributed by atoms with van der Waals surface area (Å²) in [6.07, 6.45) is 1.95. The zero-order valence-electron chi connectivity index (χ0n) is 10.4. The van der Waals surface area contributed by atoms with Crippen molar-refractivity contribution in [2.75, 3.05) is 19.5 Å². The van der Waals surface area contributed by atoms with E-state index in [0.29, 0.717) is 17.0 Å². The number of hydrogen-bond donors (Lipinski definition) is 1. The van der Waals surface area contributed by atoms with E-state index in [9.17, 15) is 0 Å². The van der Waals surface area contributed by atoms with Gasteiger partial charge in [-0.3, -0.25) is 0 Å². The van der Waals surface area contributed by atoms with Gasteiger partial charge in [0.05, 0.1) is 11.1 Å². The standard InChI is InChI=1S/C13H16N4O/c1-18-8-3-2-7-17-11-6-4-5-10(9-14)12(11)16-13(17)15/h4-6H,2-3,7-8H2,1H3,(H2,15,16). The van der Waals surface area contributed by atoms with Crippen LogP contribution in [0, 0.1) is 11.3 Å². The van der Waals surface area contributed by atoms with Crippen molar-refractivity contribution >= 4 is 17.0 Å². The number of methoxy groups -OCH3 is 1. The van der Waals surface area contributed by atoms with Gasteiger partial charge in [0.15, 0.2) is 0 Å². The van der Waals surface area contributed by atoms with Crippen LogP contribution in [0.4, 0.5) is 5.95 Å². The van der Waals surface area contributed by atoms with Crippen LogP contribution in [0.3, 0.4) is 0 Å². The lowest BCUT2D eigenvalue weighted by molar-refractivity contribution is 0.191. The number of aryl methyl sites for hydroxylation is 1.